The average Bonchev–Trinajstić information content (AvgIpc) is 2.07. The van der Waals surface area contributed by atoms with Crippen molar-refractivity contribution in [1.29, 1.82) is 0 Å². The first-order valence-corrected chi connectivity index (χ1v) is 5.27. The van der Waals surface area contributed by atoms with E-state index in [4.69, 9.17) is 5.73 Å². The highest BCUT2D eigenvalue weighted by Crippen LogP contribution is 2.31. The lowest BCUT2D eigenvalue weighted by Gasteiger charge is -2.35. The number of nitrogens with zero attached hydrogens (tertiary/aromatic N) is 1. The molecule has 1 saturated carbocycles. The lowest BCUT2D eigenvalue weighted by molar-refractivity contribution is -0.193. The number of hydrogen-bond acceptors (Lipinski definition) is 2. The van der Waals surface area contributed by atoms with Crippen molar-refractivity contribution in [2.24, 2.45) is 11.7 Å². The van der Waals surface area contributed by atoms with E-state index in [2.05, 4.69) is 0 Å². The predicted molar refractivity (Wildman–Crippen MR) is 53.6 cm³/mol. The molecule has 0 aliphatic heterocycles. The van der Waals surface area contributed by atoms with Crippen molar-refractivity contribution < 1.29 is 18.0 Å². The van der Waals surface area contributed by atoms with Gasteiger partial charge in [-0.3, -0.25) is 4.79 Å². The van der Waals surface area contributed by atoms with Crippen LogP contribution in [0.25, 0.3) is 0 Å². The molecule has 16 heavy (non-hydrogen) atoms. The summed E-state index contributed by atoms with van der Waals surface area (Å²) in [6, 6.07) is 0. The standard InChI is InChI=1S/C10H17F3N2O/c1-9(14,10(11,12)13)8(16)15(2)6-7-4-3-5-7/h7H,3-6,14H2,1-2H3. The number of likely N-dealkylation sites (N-methyl/N-ethyl adjacent to an activating group) is 1. The van der Waals surface area contributed by atoms with Gasteiger partial charge in [-0.1, -0.05) is 6.42 Å². The van der Waals surface area contributed by atoms with Gasteiger partial charge in [0, 0.05) is 13.6 Å². The largest absolute Gasteiger partial charge is 0.415 e. The molecule has 0 saturated heterocycles. The molecule has 0 aromatic carbocycles. The zero-order valence-corrected chi connectivity index (χ0v) is 9.47. The molecule has 0 radical (unpaired) electrons. The highest BCUT2D eigenvalue weighted by atomic mass is 19.4. The van der Waals surface area contributed by atoms with Crippen LogP contribution in [0.4, 0.5) is 13.2 Å². The van der Waals surface area contributed by atoms with Crippen molar-refractivity contribution in [3.63, 3.8) is 0 Å². The van der Waals surface area contributed by atoms with E-state index >= 15 is 0 Å². The van der Waals surface area contributed by atoms with Crippen LogP contribution in [0, 0.1) is 5.92 Å². The molecule has 1 atom stereocenters. The van der Waals surface area contributed by atoms with Crippen molar-refractivity contribution in [1.82, 2.24) is 4.90 Å². The Morgan fingerprint density at radius 2 is 1.94 bits per heavy atom. The summed E-state index contributed by atoms with van der Waals surface area (Å²) in [7, 11) is 1.37. The Balaban J connectivity index is 2.61. The molecule has 6 heteroatoms. The molecular formula is C10H17F3N2O. The quantitative estimate of drug-likeness (QED) is 0.810. The van der Waals surface area contributed by atoms with Crippen LogP contribution in [-0.2, 0) is 4.79 Å². The van der Waals surface area contributed by atoms with E-state index in [-0.39, 0.29) is 0 Å². The van der Waals surface area contributed by atoms with Gasteiger partial charge in [-0.05, 0) is 25.7 Å². The van der Waals surface area contributed by atoms with Crippen molar-refractivity contribution in [2.75, 3.05) is 13.6 Å². The molecule has 1 aliphatic rings. The fraction of sp³-hybridized carbons (Fsp3) is 0.900. The Kier molecular flexibility index (Phi) is 3.52. The van der Waals surface area contributed by atoms with Gasteiger partial charge in [-0.25, -0.2) is 0 Å². The zero-order valence-electron chi connectivity index (χ0n) is 9.47. The topological polar surface area (TPSA) is 46.3 Å². The number of rotatable bonds is 3. The third-order valence-corrected chi connectivity index (χ3v) is 3.14. The molecule has 0 aromatic heterocycles. The Hall–Kier alpha value is -0.780. The number of carbonyl (C=O) groups excluding carboxylic acids is 1. The van der Waals surface area contributed by atoms with E-state index in [9.17, 15) is 18.0 Å². The van der Waals surface area contributed by atoms with Crippen molar-refractivity contribution in [3.05, 3.63) is 0 Å². The van der Waals surface area contributed by atoms with E-state index in [1.54, 1.807) is 0 Å². The highest BCUT2D eigenvalue weighted by Gasteiger charge is 2.55. The van der Waals surface area contributed by atoms with E-state index in [0.29, 0.717) is 19.4 Å². The van der Waals surface area contributed by atoms with Gasteiger partial charge >= 0.3 is 6.18 Å². The molecule has 1 rings (SSSR count). The summed E-state index contributed by atoms with van der Waals surface area (Å²) in [4.78, 5) is 12.7. The summed E-state index contributed by atoms with van der Waals surface area (Å²) in [5.41, 5.74) is 2.27. The molecule has 3 nitrogen and oxygen atoms in total. The molecule has 1 unspecified atom stereocenters. The Morgan fingerprint density at radius 1 is 1.44 bits per heavy atom. The van der Waals surface area contributed by atoms with E-state index < -0.39 is 17.6 Å². The monoisotopic (exact) mass is 238 g/mol. The first-order chi connectivity index (χ1) is 7.16. The van der Waals surface area contributed by atoms with E-state index in [1.807, 2.05) is 0 Å². The molecule has 0 aromatic rings. The highest BCUT2D eigenvalue weighted by molar-refractivity contribution is 5.86. The van der Waals surface area contributed by atoms with Crippen LogP contribution in [0.3, 0.4) is 0 Å². The molecule has 1 aliphatic carbocycles. The first-order valence-electron chi connectivity index (χ1n) is 5.27. The number of carbonyl (C=O) groups is 1. The molecule has 2 N–H and O–H groups in total. The van der Waals surface area contributed by atoms with Gasteiger partial charge in [0.1, 0.15) is 0 Å². The third kappa shape index (κ3) is 2.48. The van der Waals surface area contributed by atoms with Gasteiger partial charge in [0.2, 0.25) is 0 Å². The van der Waals surface area contributed by atoms with Crippen LogP contribution in [0.15, 0.2) is 0 Å². The smallest absolute Gasteiger partial charge is 0.344 e. The fourth-order valence-electron chi connectivity index (χ4n) is 1.66. The number of alkyl halides is 3. The van der Waals surface area contributed by atoms with Crippen LogP contribution in [0.1, 0.15) is 26.2 Å². The zero-order chi connectivity index (χ0) is 12.6. The maximum absolute atomic E-state index is 12.5. The molecule has 1 amide bonds. The van der Waals surface area contributed by atoms with E-state index in [0.717, 1.165) is 24.2 Å². The number of hydrogen-bond donors (Lipinski definition) is 1. The summed E-state index contributed by atoms with van der Waals surface area (Å²) < 4.78 is 37.5. The van der Waals surface area contributed by atoms with Gasteiger partial charge in [0.15, 0.2) is 5.54 Å². The van der Waals surface area contributed by atoms with Crippen LogP contribution in [0.2, 0.25) is 0 Å². The summed E-state index contributed by atoms with van der Waals surface area (Å²) in [6.45, 7) is 1.08. The minimum atomic E-state index is -4.71. The van der Waals surface area contributed by atoms with Crippen LogP contribution in [0.5, 0.6) is 0 Å². The van der Waals surface area contributed by atoms with E-state index in [1.165, 1.54) is 7.05 Å². The van der Waals surface area contributed by atoms with Gasteiger partial charge in [0.05, 0.1) is 0 Å². The lowest BCUT2D eigenvalue weighted by Crippen LogP contribution is -2.62. The van der Waals surface area contributed by atoms with Gasteiger partial charge in [-0.2, -0.15) is 13.2 Å². The maximum Gasteiger partial charge on any atom is 0.415 e. The van der Waals surface area contributed by atoms with Crippen LogP contribution >= 0.6 is 0 Å². The minimum absolute atomic E-state index is 0.331. The first kappa shape index (κ1) is 13.3. The van der Waals surface area contributed by atoms with Crippen molar-refractivity contribution in [2.45, 2.75) is 37.9 Å². The average molecular weight is 238 g/mol. The minimum Gasteiger partial charge on any atom is -0.344 e. The summed E-state index contributed by atoms with van der Waals surface area (Å²) in [5.74, 6) is -0.732. The van der Waals surface area contributed by atoms with Crippen LogP contribution in [-0.4, -0.2) is 36.1 Å². The molecule has 0 bridgehead atoms. The molecule has 1 fully saturated rings. The lowest BCUT2D eigenvalue weighted by atomic mass is 9.85. The second-order valence-electron chi connectivity index (χ2n) is 4.68. The van der Waals surface area contributed by atoms with Gasteiger partial charge in [-0.15, -0.1) is 0 Å². The Bertz CT molecular complexity index is 272. The number of halogens is 3. The van der Waals surface area contributed by atoms with Gasteiger partial charge in [0.25, 0.3) is 5.91 Å². The molecule has 0 spiro atoms. The van der Waals surface area contributed by atoms with Crippen molar-refractivity contribution >= 4 is 5.91 Å². The molecule has 0 heterocycles. The van der Waals surface area contributed by atoms with Gasteiger partial charge < -0.3 is 10.6 Å². The number of amides is 1. The number of nitrogens with two attached hydrogens (primary N) is 1. The summed E-state index contributed by atoms with van der Waals surface area (Å²) >= 11 is 0. The molecular weight excluding hydrogens is 221 g/mol. The molecule has 94 valence electrons. The summed E-state index contributed by atoms with van der Waals surface area (Å²) in [6.07, 6.45) is -1.67. The Morgan fingerprint density at radius 3 is 2.25 bits per heavy atom. The second kappa shape index (κ2) is 4.24. The predicted octanol–water partition coefficient (Wildman–Crippen LogP) is 1.52. The van der Waals surface area contributed by atoms with Crippen LogP contribution < -0.4 is 5.73 Å². The fourth-order valence-corrected chi connectivity index (χ4v) is 1.66. The maximum atomic E-state index is 12.5. The SMILES string of the molecule is CN(CC1CCC1)C(=O)C(C)(N)C(F)(F)F. The normalized spacial score (nSPS) is 21.1. The van der Waals surface area contributed by atoms with Crippen molar-refractivity contribution in [3.8, 4) is 0 Å². The Labute approximate surface area is 92.8 Å². The summed E-state index contributed by atoms with van der Waals surface area (Å²) in [5, 5.41) is 0. The third-order valence-electron chi connectivity index (χ3n) is 3.14. The second-order valence-corrected chi connectivity index (χ2v) is 4.68.